The highest BCUT2D eigenvalue weighted by Crippen LogP contribution is 2.23. The van der Waals surface area contributed by atoms with Crippen molar-refractivity contribution in [2.24, 2.45) is 5.92 Å². The van der Waals surface area contributed by atoms with Gasteiger partial charge in [-0.15, -0.1) is 0 Å². The van der Waals surface area contributed by atoms with Crippen molar-refractivity contribution >= 4 is 11.9 Å². The van der Waals surface area contributed by atoms with E-state index in [1.165, 1.54) is 6.42 Å². The lowest BCUT2D eigenvalue weighted by molar-refractivity contribution is -0.125. The Morgan fingerprint density at radius 3 is 2.55 bits per heavy atom. The quantitative estimate of drug-likeness (QED) is 0.713. The molecule has 0 bridgehead atoms. The van der Waals surface area contributed by atoms with Crippen LogP contribution in [-0.4, -0.2) is 29.7 Å². The zero-order chi connectivity index (χ0) is 20.8. The van der Waals surface area contributed by atoms with Crippen molar-refractivity contribution in [1.82, 2.24) is 10.5 Å². The van der Waals surface area contributed by atoms with E-state index >= 15 is 0 Å². The van der Waals surface area contributed by atoms with Crippen molar-refractivity contribution in [2.75, 3.05) is 6.61 Å². The van der Waals surface area contributed by atoms with Gasteiger partial charge in [-0.2, -0.15) is 0 Å². The molecule has 7 nitrogen and oxygen atoms in total. The summed E-state index contributed by atoms with van der Waals surface area (Å²) >= 11 is 0. The van der Waals surface area contributed by atoms with E-state index in [1.807, 2.05) is 13.8 Å². The fourth-order valence-corrected chi connectivity index (χ4v) is 3.54. The summed E-state index contributed by atoms with van der Waals surface area (Å²) < 4.78 is 16.0. The molecule has 1 aromatic heterocycles. The Kier molecular flexibility index (Phi) is 6.90. The molecule has 2 aromatic rings. The number of carbonyl (C=O) groups is 2. The van der Waals surface area contributed by atoms with Crippen molar-refractivity contribution in [3.05, 3.63) is 46.8 Å². The van der Waals surface area contributed by atoms with Gasteiger partial charge in [-0.3, -0.25) is 4.79 Å². The number of aryl methyl sites for hydroxylation is 2. The smallest absolute Gasteiger partial charge is 0.338 e. The highest BCUT2D eigenvalue weighted by Gasteiger charge is 2.23. The van der Waals surface area contributed by atoms with Gasteiger partial charge in [0.1, 0.15) is 18.1 Å². The second kappa shape index (κ2) is 9.58. The van der Waals surface area contributed by atoms with Gasteiger partial charge in [0.15, 0.2) is 6.61 Å². The predicted octanol–water partition coefficient (Wildman–Crippen LogP) is 3.72. The molecule has 1 fully saturated rings. The molecule has 0 aliphatic heterocycles. The van der Waals surface area contributed by atoms with Crippen LogP contribution in [0.4, 0.5) is 0 Å². The minimum absolute atomic E-state index is 0.170. The summed E-state index contributed by atoms with van der Waals surface area (Å²) in [4.78, 5) is 24.3. The Balaban J connectivity index is 1.45. The standard InChI is InChI=1S/C22H28N2O5/c1-14-6-4-5-7-20(14)23-21(25)13-28-22(26)17-8-10-18(11-9-17)27-12-19-15(2)24-29-16(19)3/h8-11,14,20H,4-7,12-13H2,1-3H3,(H,23,25)/t14-,20-/m1/s1. The van der Waals surface area contributed by atoms with E-state index in [-0.39, 0.29) is 18.6 Å². The third-order valence-electron chi connectivity index (χ3n) is 5.45. The van der Waals surface area contributed by atoms with Crippen molar-refractivity contribution in [1.29, 1.82) is 0 Å². The fourth-order valence-electron chi connectivity index (χ4n) is 3.54. The number of nitrogens with one attached hydrogen (secondary N) is 1. The normalized spacial score (nSPS) is 18.9. The third kappa shape index (κ3) is 5.59. The summed E-state index contributed by atoms with van der Waals surface area (Å²) in [6.07, 6.45) is 4.44. The molecule has 0 saturated heterocycles. The third-order valence-corrected chi connectivity index (χ3v) is 5.45. The monoisotopic (exact) mass is 400 g/mol. The van der Waals surface area contributed by atoms with Crippen LogP contribution in [0.5, 0.6) is 5.75 Å². The van der Waals surface area contributed by atoms with Crippen molar-refractivity contribution in [3.63, 3.8) is 0 Å². The number of carbonyl (C=O) groups excluding carboxylic acids is 2. The van der Waals surface area contributed by atoms with E-state index in [4.69, 9.17) is 14.0 Å². The molecule has 1 saturated carbocycles. The Morgan fingerprint density at radius 1 is 1.17 bits per heavy atom. The number of nitrogens with zero attached hydrogens (tertiary/aromatic N) is 1. The van der Waals surface area contributed by atoms with Crippen LogP contribution < -0.4 is 10.1 Å². The van der Waals surface area contributed by atoms with Gasteiger partial charge in [0.05, 0.1) is 16.8 Å². The van der Waals surface area contributed by atoms with Crippen molar-refractivity contribution in [3.8, 4) is 5.75 Å². The molecular weight excluding hydrogens is 372 g/mol. The highest BCUT2D eigenvalue weighted by molar-refractivity contribution is 5.91. The molecule has 3 rings (SSSR count). The molecule has 1 aliphatic rings. The largest absolute Gasteiger partial charge is 0.489 e. The lowest BCUT2D eigenvalue weighted by Crippen LogP contribution is -2.42. The molecule has 1 aliphatic carbocycles. The second-order valence-electron chi connectivity index (χ2n) is 7.63. The minimum atomic E-state index is -0.533. The fraction of sp³-hybridized carbons (Fsp3) is 0.500. The molecule has 1 heterocycles. The predicted molar refractivity (Wildman–Crippen MR) is 107 cm³/mol. The van der Waals surface area contributed by atoms with Crippen LogP contribution in [0, 0.1) is 19.8 Å². The maximum absolute atomic E-state index is 12.2. The van der Waals surface area contributed by atoms with Crippen LogP contribution in [-0.2, 0) is 16.1 Å². The molecule has 0 unspecified atom stereocenters. The number of rotatable bonds is 7. The molecule has 2 atom stereocenters. The first-order valence-electron chi connectivity index (χ1n) is 10.0. The van der Waals surface area contributed by atoms with E-state index in [2.05, 4.69) is 17.4 Å². The average Bonchev–Trinajstić information content (AvgIpc) is 3.04. The highest BCUT2D eigenvalue weighted by atomic mass is 16.5. The number of hydrogen-bond donors (Lipinski definition) is 1. The van der Waals surface area contributed by atoms with Gasteiger partial charge in [-0.25, -0.2) is 4.79 Å². The number of esters is 1. The maximum atomic E-state index is 12.2. The summed E-state index contributed by atoms with van der Waals surface area (Å²) in [5.74, 6) is 1.01. The van der Waals surface area contributed by atoms with Gasteiger partial charge in [0.2, 0.25) is 0 Å². The summed E-state index contributed by atoms with van der Waals surface area (Å²) in [5, 5.41) is 6.87. The average molecular weight is 400 g/mol. The number of hydrogen-bond acceptors (Lipinski definition) is 6. The molecule has 0 radical (unpaired) electrons. The first-order chi connectivity index (χ1) is 13.9. The first kappa shape index (κ1) is 20.9. The Labute approximate surface area is 170 Å². The Hall–Kier alpha value is -2.83. The van der Waals surface area contributed by atoms with Crippen LogP contribution in [0.1, 0.15) is 60.0 Å². The summed E-state index contributed by atoms with van der Waals surface area (Å²) in [6.45, 7) is 5.91. The second-order valence-corrected chi connectivity index (χ2v) is 7.63. The van der Waals surface area contributed by atoms with E-state index in [9.17, 15) is 9.59 Å². The van der Waals surface area contributed by atoms with E-state index in [0.29, 0.717) is 23.8 Å². The molecule has 1 aromatic carbocycles. The van der Waals surface area contributed by atoms with Gasteiger partial charge < -0.3 is 19.3 Å². The van der Waals surface area contributed by atoms with E-state index in [0.717, 1.165) is 36.3 Å². The molecule has 1 N–H and O–H groups in total. The van der Waals surface area contributed by atoms with E-state index in [1.54, 1.807) is 24.3 Å². The van der Waals surface area contributed by atoms with Crippen molar-refractivity contribution < 1.29 is 23.6 Å². The number of ether oxygens (including phenoxy) is 2. The Morgan fingerprint density at radius 2 is 1.90 bits per heavy atom. The summed E-state index contributed by atoms with van der Waals surface area (Å²) in [7, 11) is 0. The van der Waals surface area contributed by atoms with Gasteiger partial charge >= 0.3 is 5.97 Å². The molecule has 29 heavy (non-hydrogen) atoms. The molecule has 156 valence electrons. The molecule has 7 heteroatoms. The topological polar surface area (TPSA) is 90.7 Å². The zero-order valence-corrected chi connectivity index (χ0v) is 17.2. The minimum Gasteiger partial charge on any atom is -0.489 e. The van der Waals surface area contributed by atoms with Gasteiger partial charge in [0, 0.05) is 6.04 Å². The zero-order valence-electron chi connectivity index (χ0n) is 17.2. The van der Waals surface area contributed by atoms with Gasteiger partial charge in [0.25, 0.3) is 5.91 Å². The summed E-state index contributed by atoms with van der Waals surface area (Å²) in [5.41, 5.74) is 2.07. The van der Waals surface area contributed by atoms with Crippen LogP contribution in [0.25, 0.3) is 0 Å². The van der Waals surface area contributed by atoms with Crippen LogP contribution in [0.15, 0.2) is 28.8 Å². The van der Waals surface area contributed by atoms with E-state index < -0.39 is 5.97 Å². The van der Waals surface area contributed by atoms with Gasteiger partial charge in [-0.1, -0.05) is 24.9 Å². The SMILES string of the molecule is Cc1noc(C)c1COc1ccc(C(=O)OCC(=O)N[C@@H]2CCCC[C@H]2C)cc1. The lowest BCUT2D eigenvalue weighted by Gasteiger charge is -2.29. The lowest BCUT2D eigenvalue weighted by atomic mass is 9.86. The van der Waals surface area contributed by atoms with Crippen LogP contribution in [0.3, 0.4) is 0 Å². The molecule has 0 spiro atoms. The summed E-state index contributed by atoms with van der Waals surface area (Å²) in [6, 6.07) is 6.79. The number of amides is 1. The maximum Gasteiger partial charge on any atom is 0.338 e. The molecular formula is C22H28N2O5. The van der Waals surface area contributed by atoms with Crippen molar-refractivity contribution in [2.45, 2.75) is 59.1 Å². The first-order valence-corrected chi connectivity index (χ1v) is 10.0. The van der Waals surface area contributed by atoms with Gasteiger partial charge in [-0.05, 0) is 56.9 Å². The number of aromatic nitrogens is 1. The number of benzene rings is 1. The van der Waals surface area contributed by atoms with Crippen LogP contribution >= 0.6 is 0 Å². The van der Waals surface area contributed by atoms with Crippen LogP contribution in [0.2, 0.25) is 0 Å². The molecule has 1 amide bonds. The Bertz CT molecular complexity index is 824.